The molecule has 2 saturated heterocycles. The molecule has 27 nitrogen and oxygen atoms in total. The molecule has 0 radical (unpaired) electrons. The van der Waals surface area contributed by atoms with Crippen molar-refractivity contribution in [3.8, 4) is 23.0 Å². The molecule has 4 aliphatic heterocycles. The van der Waals surface area contributed by atoms with Crippen LogP contribution in [0.15, 0.2) is 86.4 Å². The second-order valence-corrected chi connectivity index (χ2v) is 21.0. The Hall–Kier alpha value is -9.76. The van der Waals surface area contributed by atoms with Crippen molar-refractivity contribution < 1.29 is 76.6 Å². The summed E-state index contributed by atoms with van der Waals surface area (Å²) in [5, 5.41) is 22.7. The lowest BCUT2D eigenvalue weighted by Gasteiger charge is -2.34. The first-order chi connectivity index (χ1) is 41.9. The monoisotopic (exact) mass is 1200 g/mol. The predicted octanol–water partition coefficient (Wildman–Crippen LogP) is 6.01. The maximum atomic E-state index is 13.9. The number of nitrogens with zero attached hydrogens (tertiary/aromatic N) is 7. The molecule has 87 heavy (non-hydrogen) atoms. The fraction of sp³-hybridized carbons (Fsp3) is 0.400. The summed E-state index contributed by atoms with van der Waals surface area (Å²) < 4.78 is 44.5. The Morgan fingerprint density at radius 3 is 1.56 bits per heavy atom. The summed E-state index contributed by atoms with van der Waals surface area (Å²) in [5.41, 5.74) is 2.33. The minimum absolute atomic E-state index is 0.0297. The Kier molecular flexibility index (Phi) is 19.2. The highest BCUT2D eigenvalue weighted by Crippen LogP contribution is 2.44. The zero-order valence-electron chi connectivity index (χ0n) is 49.3. The highest BCUT2D eigenvalue weighted by atomic mass is 16.6. The average molecular weight is 1200 g/mol. The van der Waals surface area contributed by atoms with Crippen LogP contribution in [0.3, 0.4) is 0 Å². The quantitative estimate of drug-likeness (QED) is 0.0370. The minimum Gasteiger partial charge on any atom is -0.493 e. The Morgan fingerprint density at radius 1 is 0.598 bits per heavy atom. The average Bonchev–Trinajstić information content (AvgIpc) is 1.75. The van der Waals surface area contributed by atoms with E-state index in [-0.39, 0.29) is 126 Å². The fourth-order valence-electron chi connectivity index (χ4n) is 11.2. The first-order valence-corrected chi connectivity index (χ1v) is 28.3. The standard InChI is InChI=1S/C60H71N11O16/c1-9-21-86-59(79)70-42-30-49(47(81-6)28-38(42)55(76)68-19-11-15-40(68)57(70)78)85-24-14-18-61-52(73)44-26-36(33-65(44)3)63-54(75)46-27-37(34-67(46)5)64-53(74)45-25-35(32-66(45)4)62-51(72)17-13-23-84-50-31-43-39(29-48(50)82-7)56(77)69-20-12-16-41(69)58(83-8)71(43)60(80)87-22-10-2/h9-10,25-34,40-41,57-58,78H,1-2,11-24H2,3-8H3,(H,61,73)(H,62,72)(H,63,75)(H,64,74)/t40-,41?,57-,58-/m0/s1. The Morgan fingerprint density at radius 2 is 1.06 bits per heavy atom. The van der Waals surface area contributed by atoms with E-state index in [1.165, 1.54) is 85.4 Å². The van der Waals surface area contributed by atoms with Crippen molar-refractivity contribution in [1.82, 2.24) is 28.8 Å². The maximum Gasteiger partial charge on any atom is 0.416 e. The molecule has 2 fully saturated rings. The van der Waals surface area contributed by atoms with Crippen molar-refractivity contribution in [1.29, 1.82) is 0 Å². The molecule has 5 aromatic rings. The lowest BCUT2D eigenvalue weighted by molar-refractivity contribution is -0.116. The van der Waals surface area contributed by atoms with Crippen molar-refractivity contribution >= 4 is 76.1 Å². The molecule has 3 aromatic heterocycles. The number of nitrogens with one attached hydrogen (secondary N) is 4. The number of anilines is 5. The van der Waals surface area contributed by atoms with E-state index in [0.29, 0.717) is 55.8 Å². The molecule has 2 aromatic carbocycles. The number of rotatable bonds is 23. The highest BCUT2D eigenvalue weighted by Gasteiger charge is 2.48. The van der Waals surface area contributed by atoms with Gasteiger partial charge in [-0.15, -0.1) is 0 Å². The van der Waals surface area contributed by atoms with Crippen molar-refractivity contribution in [2.75, 3.05) is 93.1 Å². The summed E-state index contributed by atoms with van der Waals surface area (Å²) in [7, 11) is 9.25. The summed E-state index contributed by atoms with van der Waals surface area (Å²) in [6, 6.07) is 9.47. The molecule has 0 bridgehead atoms. The lowest BCUT2D eigenvalue weighted by atomic mass is 10.1. The van der Waals surface area contributed by atoms with Crippen molar-refractivity contribution in [3.63, 3.8) is 0 Å². The minimum atomic E-state index is -1.38. The van der Waals surface area contributed by atoms with Gasteiger partial charge in [-0.25, -0.2) is 19.4 Å². The van der Waals surface area contributed by atoms with Gasteiger partial charge >= 0.3 is 12.2 Å². The first-order valence-electron chi connectivity index (χ1n) is 28.3. The molecule has 1 unspecified atom stereocenters. The largest absolute Gasteiger partial charge is 0.493 e. The van der Waals surface area contributed by atoms with Crippen molar-refractivity contribution in [2.45, 2.75) is 69.5 Å². The van der Waals surface area contributed by atoms with Crippen LogP contribution in [0.2, 0.25) is 0 Å². The second-order valence-electron chi connectivity index (χ2n) is 21.0. The number of ether oxygens (including phenoxy) is 7. The molecule has 0 spiro atoms. The van der Waals surface area contributed by atoms with Crippen LogP contribution < -0.4 is 50.0 Å². The van der Waals surface area contributed by atoms with Gasteiger partial charge in [-0.2, -0.15) is 0 Å². The van der Waals surface area contributed by atoms with Gasteiger partial charge in [0.15, 0.2) is 35.5 Å². The number of aliphatic hydroxyl groups excluding tert-OH is 1. The van der Waals surface area contributed by atoms with E-state index in [2.05, 4.69) is 34.4 Å². The highest BCUT2D eigenvalue weighted by molar-refractivity contribution is 6.09. The molecule has 27 heteroatoms. The van der Waals surface area contributed by atoms with Gasteiger partial charge in [0.2, 0.25) is 5.91 Å². The molecule has 9 rings (SSSR count). The molecule has 8 amide bonds. The number of amides is 8. The van der Waals surface area contributed by atoms with Gasteiger partial charge in [-0.3, -0.25) is 28.8 Å². The summed E-state index contributed by atoms with van der Waals surface area (Å²) in [4.78, 5) is 114. The zero-order chi connectivity index (χ0) is 62.2. The zero-order valence-corrected chi connectivity index (χ0v) is 49.3. The van der Waals surface area contributed by atoms with Crippen LogP contribution in [0.4, 0.5) is 38.0 Å². The van der Waals surface area contributed by atoms with Crippen LogP contribution in [0, 0.1) is 0 Å². The molecule has 7 heterocycles. The second kappa shape index (κ2) is 27.1. The van der Waals surface area contributed by atoms with Gasteiger partial charge in [0.05, 0.1) is 79.1 Å². The van der Waals surface area contributed by atoms with E-state index in [0.717, 1.165) is 11.3 Å². The van der Waals surface area contributed by atoms with Gasteiger partial charge in [-0.05, 0) is 68.9 Å². The SMILES string of the molecule is C=CCOC(=O)N1c2cc(OCCCC(=O)Nc3cc(C(=O)Nc4cc(C(=O)Nc5cc(C(=O)NCCCOc6cc7c(cc6OC)C(=O)N6CCC[C@H]6[C@H](O)N7C(=O)OCC=C)n(C)c5)n(C)c4)n(C)c3)c(OC)cc2C(=O)N2CCCC2[C@@H]1OC. The summed E-state index contributed by atoms with van der Waals surface area (Å²) in [5.74, 6) is -1.58. The first kappa shape index (κ1) is 61.8. The van der Waals surface area contributed by atoms with Crippen LogP contribution in [0.25, 0.3) is 0 Å². The number of methoxy groups -OCH3 is 3. The molecule has 4 aliphatic rings. The summed E-state index contributed by atoms with van der Waals surface area (Å²) in [6.07, 6.45) is 6.87. The smallest absolute Gasteiger partial charge is 0.416 e. The van der Waals surface area contributed by atoms with Crippen molar-refractivity contribution in [2.24, 2.45) is 21.1 Å². The molecule has 4 atom stereocenters. The lowest BCUT2D eigenvalue weighted by Crippen LogP contribution is -2.52. The Balaban J connectivity index is 0.746. The van der Waals surface area contributed by atoms with Crippen LogP contribution >= 0.6 is 0 Å². The number of hydrogen-bond acceptors (Lipinski definition) is 16. The number of benzene rings is 2. The van der Waals surface area contributed by atoms with Gasteiger partial charge in [0.25, 0.3) is 29.5 Å². The predicted molar refractivity (Wildman–Crippen MR) is 317 cm³/mol. The number of carbonyl (C=O) groups is 8. The molecule has 5 N–H and O–H groups in total. The molecule has 0 aliphatic carbocycles. The van der Waals surface area contributed by atoms with Crippen LogP contribution in [0.5, 0.6) is 23.0 Å². The van der Waals surface area contributed by atoms with E-state index < -0.39 is 54.4 Å². The molecular formula is C60H71N11O16. The normalized spacial score (nSPS) is 17.6. The molecule has 462 valence electrons. The van der Waals surface area contributed by atoms with Crippen LogP contribution in [-0.4, -0.2) is 168 Å². The molecular weight excluding hydrogens is 1130 g/mol. The number of hydrogen-bond donors (Lipinski definition) is 5. The van der Waals surface area contributed by atoms with Gasteiger partial charge in [-0.1, -0.05) is 25.3 Å². The van der Waals surface area contributed by atoms with Gasteiger partial charge in [0.1, 0.15) is 30.3 Å². The third-order valence-corrected chi connectivity index (χ3v) is 15.3. The van der Waals surface area contributed by atoms with Crippen molar-refractivity contribution in [3.05, 3.63) is 115 Å². The summed E-state index contributed by atoms with van der Waals surface area (Å²) in [6.45, 7) is 8.25. The van der Waals surface area contributed by atoms with Crippen LogP contribution in [-0.2, 0) is 40.1 Å². The third-order valence-electron chi connectivity index (χ3n) is 15.3. The van der Waals surface area contributed by atoms with E-state index in [1.807, 2.05) is 0 Å². The Bertz CT molecular complexity index is 3500. The number of aryl methyl sites for hydroxylation is 3. The van der Waals surface area contributed by atoms with Gasteiger partial charge < -0.3 is 83.0 Å². The third kappa shape index (κ3) is 13.1. The summed E-state index contributed by atoms with van der Waals surface area (Å²) >= 11 is 0. The van der Waals surface area contributed by atoms with E-state index >= 15 is 0 Å². The number of aromatic nitrogens is 3. The fourth-order valence-corrected chi connectivity index (χ4v) is 11.2. The number of fused-ring (bicyclic) bond motifs is 4. The number of carbonyl (C=O) groups excluding carboxylic acids is 8. The van der Waals surface area contributed by atoms with E-state index in [4.69, 9.17) is 33.2 Å². The van der Waals surface area contributed by atoms with E-state index in [1.54, 1.807) is 58.7 Å². The van der Waals surface area contributed by atoms with Gasteiger partial charge in [0, 0.05) is 85.0 Å². The maximum absolute atomic E-state index is 13.9. The number of aliphatic hydroxyl groups is 1. The molecule has 0 saturated carbocycles. The Labute approximate surface area is 501 Å². The van der Waals surface area contributed by atoms with E-state index in [9.17, 15) is 43.5 Å². The topological polar surface area (TPSA) is 297 Å². The van der Waals surface area contributed by atoms with Crippen LogP contribution in [0.1, 0.15) is 97.1 Å².